The van der Waals surface area contributed by atoms with Crippen LogP contribution in [0.2, 0.25) is 0 Å². The third-order valence-electron chi connectivity index (χ3n) is 1.03. The Morgan fingerprint density at radius 1 is 1.00 bits per heavy atom. The fourth-order valence-electron chi connectivity index (χ4n) is 0.461. The van der Waals surface area contributed by atoms with Gasteiger partial charge in [0.2, 0.25) is 0 Å². The summed E-state index contributed by atoms with van der Waals surface area (Å²) >= 11 is 3.57. The van der Waals surface area contributed by atoms with Gasteiger partial charge in [-0.15, -0.1) is 0 Å². The number of hydrogen-bond donors (Lipinski definition) is 0. The fourth-order valence-corrected chi connectivity index (χ4v) is 1.03. The second-order valence-corrected chi connectivity index (χ2v) is 3.89. The fraction of sp³-hybridized carbons (Fsp3) is 1.00. The van der Waals surface area contributed by atoms with Gasteiger partial charge in [-0.1, -0.05) is 0 Å². The van der Waals surface area contributed by atoms with Gasteiger partial charge >= 0.3 is 7.69 Å². The van der Waals surface area contributed by atoms with E-state index in [0.29, 0.717) is 7.69 Å². The average Bonchev–Trinajstić information content (AvgIpc) is 2.03. The zero-order valence-corrected chi connectivity index (χ0v) is 8.80. The van der Waals surface area contributed by atoms with Crippen molar-refractivity contribution in [3.8, 4) is 0 Å². The van der Waals surface area contributed by atoms with Crippen molar-refractivity contribution < 1.29 is 9.31 Å². The molecule has 11 heavy (non-hydrogen) atoms. The molecule has 0 aliphatic heterocycles. The van der Waals surface area contributed by atoms with Crippen LogP contribution in [0, 0.1) is 0 Å². The van der Waals surface area contributed by atoms with Crippen LogP contribution in [-0.2, 0) is 9.31 Å². The van der Waals surface area contributed by atoms with Crippen LogP contribution in [0.25, 0.3) is 0 Å². The number of thioether (sulfide) groups is 2. The van der Waals surface area contributed by atoms with Crippen LogP contribution >= 0.6 is 23.5 Å². The summed E-state index contributed by atoms with van der Waals surface area (Å²) in [6.07, 6.45) is 4.13. The van der Waals surface area contributed by atoms with Crippen molar-refractivity contribution in [1.29, 1.82) is 0 Å². The normalized spacial score (nSPS) is 10.0. The molecule has 0 aromatic carbocycles. The quantitative estimate of drug-likeness (QED) is 0.424. The first-order valence-corrected chi connectivity index (χ1v) is 6.34. The summed E-state index contributed by atoms with van der Waals surface area (Å²) in [7, 11) is 0.446. The molecule has 0 spiro atoms. The van der Waals surface area contributed by atoms with E-state index in [0.717, 1.165) is 24.7 Å². The van der Waals surface area contributed by atoms with Crippen LogP contribution in [0.3, 0.4) is 0 Å². The van der Waals surface area contributed by atoms with Crippen molar-refractivity contribution in [3.63, 3.8) is 0 Å². The molecule has 0 atom stereocenters. The van der Waals surface area contributed by atoms with E-state index in [4.69, 9.17) is 9.31 Å². The Morgan fingerprint density at radius 3 is 1.82 bits per heavy atom. The molecule has 0 rings (SSSR count). The molecule has 66 valence electrons. The molecular formula is C6H15BO2S2. The molecule has 5 heteroatoms. The standard InChI is InChI=1S/C6H15BO2S2/c1-10-5-3-8-7-9-4-6-11-2/h7H,3-6H2,1-2H3. The Kier molecular flexibility index (Phi) is 11.4. The highest BCUT2D eigenvalue weighted by molar-refractivity contribution is 7.98. The first-order valence-electron chi connectivity index (χ1n) is 3.55. The molecule has 0 aliphatic rings. The molecule has 0 bridgehead atoms. The molecular weight excluding hydrogens is 179 g/mol. The number of hydrogen-bond acceptors (Lipinski definition) is 4. The summed E-state index contributed by atoms with van der Waals surface area (Å²) in [6, 6.07) is 0. The summed E-state index contributed by atoms with van der Waals surface area (Å²) in [5.74, 6) is 2.10. The Morgan fingerprint density at radius 2 is 1.45 bits per heavy atom. The van der Waals surface area contributed by atoms with Gasteiger partial charge in [0, 0.05) is 24.7 Å². The van der Waals surface area contributed by atoms with Crippen LogP contribution < -0.4 is 0 Å². The van der Waals surface area contributed by atoms with Crippen molar-refractivity contribution in [2.24, 2.45) is 0 Å². The van der Waals surface area contributed by atoms with E-state index in [1.807, 2.05) is 0 Å². The Labute approximate surface area is 78.1 Å². The predicted octanol–water partition coefficient (Wildman–Crippen LogP) is 1.01. The lowest BCUT2D eigenvalue weighted by molar-refractivity contribution is 0.244. The third kappa shape index (κ3) is 10.7. The maximum atomic E-state index is 5.17. The predicted molar refractivity (Wildman–Crippen MR) is 55.8 cm³/mol. The van der Waals surface area contributed by atoms with Gasteiger partial charge in [0.15, 0.2) is 0 Å². The van der Waals surface area contributed by atoms with Gasteiger partial charge in [0.05, 0.1) is 0 Å². The minimum Gasteiger partial charge on any atom is -0.413 e. The van der Waals surface area contributed by atoms with Gasteiger partial charge in [0.1, 0.15) is 0 Å². The van der Waals surface area contributed by atoms with Gasteiger partial charge in [-0.3, -0.25) is 0 Å². The second-order valence-electron chi connectivity index (χ2n) is 1.92. The van der Waals surface area contributed by atoms with Crippen molar-refractivity contribution >= 4 is 31.2 Å². The lowest BCUT2D eigenvalue weighted by atomic mass is 10.4. The molecule has 0 aliphatic carbocycles. The summed E-state index contributed by atoms with van der Waals surface area (Å²) in [5.41, 5.74) is 0. The zero-order chi connectivity index (χ0) is 8.36. The zero-order valence-electron chi connectivity index (χ0n) is 7.17. The minimum atomic E-state index is 0.446. The monoisotopic (exact) mass is 194 g/mol. The van der Waals surface area contributed by atoms with E-state index >= 15 is 0 Å². The SMILES string of the molecule is CSCCOBOCCSC. The highest BCUT2D eigenvalue weighted by Crippen LogP contribution is 1.91. The summed E-state index contributed by atoms with van der Waals surface area (Å²) in [5, 5.41) is 0. The average molecular weight is 194 g/mol. The van der Waals surface area contributed by atoms with Crippen LogP contribution in [0.15, 0.2) is 0 Å². The van der Waals surface area contributed by atoms with Crippen LogP contribution in [0.5, 0.6) is 0 Å². The van der Waals surface area contributed by atoms with E-state index in [1.165, 1.54) is 0 Å². The Hall–Kier alpha value is 0.685. The molecule has 0 radical (unpaired) electrons. The van der Waals surface area contributed by atoms with E-state index in [-0.39, 0.29) is 0 Å². The number of rotatable bonds is 8. The summed E-state index contributed by atoms with van der Waals surface area (Å²) in [4.78, 5) is 0. The molecule has 0 aromatic heterocycles. The van der Waals surface area contributed by atoms with Crippen LogP contribution in [-0.4, -0.2) is 44.9 Å². The van der Waals surface area contributed by atoms with Crippen molar-refractivity contribution in [2.75, 3.05) is 37.2 Å². The topological polar surface area (TPSA) is 18.5 Å². The Balaban J connectivity index is 2.69. The van der Waals surface area contributed by atoms with E-state index < -0.39 is 0 Å². The largest absolute Gasteiger partial charge is 0.438 e. The molecule has 0 N–H and O–H groups in total. The molecule has 0 heterocycles. The van der Waals surface area contributed by atoms with E-state index in [1.54, 1.807) is 23.5 Å². The van der Waals surface area contributed by atoms with Crippen LogP contribution in [0.4, 0.5) is 0 Å². The maximum Gasteiger partial charge on any atom is 0.438 e. The molecule has 0 fully saturated rings. The van der Waals surface area contributed by atoms with Crippen LogP contribution in [0.1, 0.15) is 0 Å². The first kappa shape index (κ1) is 11.7. The highest BCUT2D eigenvalue weighted by atomic mass is 32.2. The van der Waals surface area contributed by atoms with Gasteiger partial charge in [-0.05, 0) is 12.5 Å². The minimum absolute atomic E-state index is 0.446. The van der Waals surface area contributed by atoms with Crippen molar-refractivity contribution in [1.82, 2.24) is 0 Å². The molecule has 2 nitrogen and oxygen atoms in total. The molecule has 0 saturated carbocycles. The van der Waals surface area contributed by atoms with E-state index in [9.17, 15) is 0 Å². The van der Waals surface area contributed by atoms with Crippen molar-refractivity contribution in [2.45, 2.75) is 0 Å². The lowest BCUT2D eigenvalue weighted by Gasteiger charge is -2.01. The molecule has 0 amide bonds. The lowest BCUT2D eigenvalue weighted by Crippen LogP contribution is -2.09. The highest BCUT2D eigenvalue weighted by Gasteiger charge is 1.91. The summed E-state index contributed by atoms with van der Waals surface area (Å²) in [6.45, 7) is 1.58. The smallest absolute Gasteiger partial charge is 0.413 e. The molecule has 0 saturated heterocycles. The maximum absolute atomic E-state index is 5.17. The molecule has 0 aromatic rings. The summed E-state index contributed by atoms with van der Waals surface area (Å²) < 4.78 is 10.3. The first-order chi connectivity index (χ1) is 5.41. The van der Waals surface area contributed by atoms with Gasteiger partial charge in [-0.25, -0.2) is 0 Å². The Bertz CT molecular complexity index is 67.6. The van der Waals surface area contributed by atoms with Crippen molar-refractivity contribution in [3.05, 3.63) is 0 Å². The third-order valence-corrected chi connectivity index (χ3v) is 2.18. The van der Waals surface area contributed by atoms with Gasteiger partial charge < -0.3 is 9.31 Å². The van der Waals surface area contributed by atoms with Gasteiger partial charge in [0.25, 0.3) is 0 Å². The van der Waals surface area contributed by atoms with Gasteiger partial charge in [-0.2, -0.15) is 23.5 Å². The molecule has 0 unspecified atom stereocenters. The second kappa shape index (κ2) is 10.7. The van der Waals surface area contributed by atoms with E-state index in [2.05, 4.69) is 12.5 Å².